The first-order valence-electron chi connectivity index (χ1n) is 5.80. The Bertz CT molecular complexity index is 710. The van der Waals surface area contributed by atoms with Gasteiger partial charge in [0.2, 0.25) is 5.71 Å². The summed E-state index contributed by atoms with van der Waals surface area (Å²) >= 11 is 0. The van der Waals surface area contributed by atoms with Crippen molar-refractivity contribution in [1.29, 1.82) is 10.5 Å². The first-order chi connectivity index (χ1) is 9.19. The highest BCUT2D eigenvalue weighted by Crippen LogP contribution is 2.20. The predicted molar refractivity (Wildman–Crippen MR) is 72.4 cm³/mol. The highest BCUT2D eigenvalue weighted by Gasteiger charge is 2.06. The van der Waals surface area contributed by atoms with Crippen molar-refractivity contribution in [3.8, 4) is 12.1 Å². The van der Waals surface area contributed by atoms with Crippen molar-refractivity contribution in [3.63, 3.8) is 0 Å². The van der Waals surface area contributed by atoms with E-state index in [1.807, 2.05) is 25.1 Å². The molecule has 19 heavy (non-hydrogen) atoms. The molecule has 0 fully saturated rings. The topological polar surface area (TPSA) is 89.8 Å². The smallest absolute Gasteiger partial charge is 0.237 e. The maximum Gasteiger partial charge on any atom is 0.237 e. The van der Waals surface area contributed by atoms with Crippen LogP contribution in [0.4, 0.5) is 5.69 Å². The summed E-state index contributed by atoms with van der Waals surface area (Å²) in [6.45, 7) is 4.88. The molecule has 1 heterocycles. The molecule has 2 aromatic rings. The Balaban J connectivity index is 2.36. The zero-order chi connectivity index (χ0) is 13.8. The number of aromatic nitrogens is 2. The van der Waals surface area contributed by atoms with E-state index in [0.717, 1.165) is 23.4 Å². The molecule has 1 aromatic carbocycles. The number of hydrogen-bond acceptors (Lipinski definition) is 5. The van der Waals surface area contributed by atoms with Gasteiger partial charge in [0, 0.05) is 6.54 Å². The molecule has 6 nitrogen and oxygen atoms in total. The summed E-state index contributed by atoms with van der Waals surface area (Å²) in [6.07, 6.45) is 0. The number of aryl methyl sites for hydroxylation is 2. The zero-order valence-electron chi connectivity index (χ0n) is 10.7. The van der Waals surface area contributed by atoms with Gasteiger partial charge in [-0.2, -0.15) is 15.6 Å². The van der Waals surface area contributed by atoms with Crippen LogP contribution in [0, 0.1) is 29.6 Å². The number of nitriles is 2. The van der Waals surface area contributed by atoms with Crippen molar-refractivity contribution < 1.29 is 0 Å². The predicted octanol–water partition coefficient (Wildman–Crippen LogP) is 2.18. The van der Waals surface area contributed by atoms with E-state index in [1.54, 1.807) is 12.1 Å². The molecule has 0 aliphatic heterocycles. The number of nitrogens with one attached hydrogen (secondary N) is 1. The Morgan fingerprint density at radius 2 is 2.16 bits per heavy atom. The number of imidazole rings is 1. The fourth-order valence-electron chi connectivity index (χ4n) is 1.91. The standard InChI is InChI=1S/C13H12N6/c1-3-19-9(2)16-12-6-10(4-5-13(12)19)17-18-11(7-14)8-15/h4-6,17H,3H2,1-2H3. The van der Waals surface area contributed by atoms with Crippen LogP contribution in [0.15, 0.2) is 23.3 Å². The molecule has 1 aromatic heterocycles. The highest BCUT2D eigenvalue weighted by atomic mass is 15.3. The second-order valence-electron chi connectivity index (χ2n) is 3.90. The monoisotopic (exact) mass is 252 g/mol. The van der Waals surface area contributed by atoms with Crippen LogP contribution < -0.4 is 5.43 Å². The Kier molecular flexibility index (Phi) is 3.44. The molecule has 2 rings (SSSR count). The third-order valence-electron chi connectivity index (χ3n) is 2.76. The molecule has 0 atom stereocenters. The summed E-state index contributed by atoms with van der Waals surface area (Å²) in [5.74, 6) is 0.952. The summed E-state index contributed by atoms with van der Waals surface area (Å²) in [7, 11) is 0. The van der Waals surface area contributed by atoms with E-state index in [2.05, 4.69) is 27.0 Å². The molecule has 1 N–H and O–H groups in total. The van der Waals surface area contributed by atoms with Crippen molar-refractivity contribution in [1.82, 2.24) is 9.55 Å². The van der Waals surface area contributed by atoms with Crippen molar-refractivity contribution in [2.75, 3.05) is 5.43 Å². The van der Waals surface area contributed by atoms with Gasteiger partial charge in [-0.25, -0.2) is 4.98 Å². The average Bonchev–Trinajstić information content (AvgIpc) is 2.74. The fourth-order valence-corrected chi connectivity index (χ4v) is 1.91. The lowest BCUT2D eigenvalue weighted by Gasteiger charge is -2.02. The molecule has 0 radical (unpaired) electrons. The lowest BCUT2D eigenvalue weighted by molar-refractivity contribution is 0.753. The first kappa shape index (κ1) is 12.6. The number of benzene rings is 1. The number of nitrogens with zero attached hydrogens (tertiary/aromatic N) is 5. The zero-order valence-corrected chi connectivity index (χ0v) is 10.7. The number of hydrogen-bond donors (Lipinski definition) is 1. The van der Waals surface area contributed by atoms with E-state index in [1.165, 1.54) is 0 Å². The van der Waals surface area contributed by atoms with Crippen LogP contribution >= 0.6 is 0 Å². The molecule has 6 heteroatoms. The minimum absolute atomic E-state index is 0.213. The summed E-state index contributed by atoms with van der Waals surface area (Å²) < 4.78 is 2.11. The number of hydrazone groups is 1. The molecule has 0 aliphatic carbocycles. The molecule has 0 aliphatic rings. The summed E-state index contributed by atoms with van der Waals surface area (Å²) in [5.41, 5.74) is 5.07. The summed E-state index contributed by atoms with van der Waals surface area (Å²) in [4.78, 5) is 4.46. The van der Waals surface area contributed by atoms with Gasteiger partial charge in [-0.3, -0.25) is 5.43 Å². The van der Waals surface area contributed by atoms with Crippen LogP contribution in [0.2, 0.25) is 0 Å². The van der Waals surface area contributed by atoms with Gasteiger partial charge in [-0.15, -0.1) is 0 Å². The molecule has 0 unspecified atom stereocenters. The SMILES string of the molecule is CCn1c(C)nc2cc(NN=C(C#N)C#N)ccc21. The average molecular weight is 252 g/mol. The van der Waals surface area contributed by atoms with Gasteiger partial charge in [0.05, 0.1) is 16.7 Å². The normalized spacial score (nSPS) is 9.68. The van der Waals surface area contributed by atoms with Gasteiger partial charge in [-0.1, -0.05) is 0 Å². The molecule has 0 amide bonds. The minimum atomic E-state index is -0.213. The maximum absolute atomic E-state index is 8.59. The van der Waals surface area contributed by atoms with Crippen molar-refractivity contribution in [2.24, 2.45) is 5.10 Å². The van der Waals surface area contributed by atoms with E-state index in [4.69, 9.17) is 10.5 Å². The van der Waals surface area contributed by atoms with Gasteiger partial charge in [0.1, 0.15) is 18.0 Å². The van der Waals surface area contributed by atoms with E-state index < -0.39 is 0 Å². The Labute approximate surface area is 110 Å². The number of rotatable bonds is 3. The fraction of sp³-hybridized carbons (Fsp3) is 0.231. The highest BCUT2D eigenvalue weighted by molar-refractivity contribution is 6.10. The summed E-state index contributed by atoms with van der Waals surface area (Å²) in [5, 5.41) is 20.9. The van der Waals surface area contributed by atoms with Crippen LogP contribution in [-0.2, 0) is 6.54 Å². The molecule has 0 spiro atoms. The molecule has 0 bridgehead atoms. The molecule has 94 valence electrons. The maximum atomic E-state index is 8.59. The second kappa shape index (κ2) is 5.19. The largest absolute Gasteiger partial charge is 0.329 e. The third kappa shape index (κ3) is 2.38. The van der Waals surface area contributed by atoms with Crippen LogP contribution in [0.3, 0.4) is 0 Å². The van der Waals surface area contributed by atoms with Crippen LogP contribution in [0.1, 0.15) is 12.7 Å². The number of fused-ring (bicyclic) bond motifs is 1. The minimum Gasteiger partial charge on any atom is -0.329 e. The van der Waals surface area contributed by atoms with E-state index in [9.17, 15) is 0 Å². The van der Waals surface area contributed by atoms with Crippen molar-refractivity contribution >= 4 is 22.4 Å². The molecule has 0 saturated carbocycles. The first-order valence-corrected chi connectivity index (χ1v) is 5.80. The van der Waals surface area contributed by atoms with Crippen LogP contribution in [0.5, 0.6) is 0 Å². The lowest BCUT2D eigenvalue weighted by atomic mass is 10.3. The van der Waals surface area contributed by atoms with Gasteiger partial charge in [0.15, 0.2) is 0 Å². The van der Waals surface area contributed by atoms with Gasteiger partial charge < -0.3 is 4.57 Å². The quantitative estimate of drug-likeness (QED) is 0.669. The van der Waals surface area contributed by atoms with Crippen LogP contribution in [0.25, 0.3) is 11.0 Å². The number of anilines is 1. The Hall–Kier alpha value is -2.86. The van der Waals surface area contributed by atoms with Crippen molar-refractivity contribution in [2.45, 2.75) is 20.4 Å². The lowest BCUT2D eigenvalue weighted by Crippen LogP contribution is -1.97. The third-order valence-corrected chi connectivity index (χ3v) is 2.76. The van der Waals surface area contributed by atoms with Crippen molar-refractivity contribution in [3.05, 3.63) is 24.0 Å². The molecular weight excluding hydrogens is 240 g/mol. The van der Waals surface area contributed by atoms with E-state index >= 15 is 0 Å². The Morgan fingerprint density at radius 1 is 1.42 bits per heavy atom. The van der Waals surface area contributed by atoms with E-state index in [-0.39, 0.29) is 5.71 Å². The van der Waals surface area contributed by atoms with E-state index in [0.29, 0.717) is 5.69 Å². The van der Waals surface area contributed by atoms with Gasteiger partial charge in [-0.05, 0) is 32.0 Å². The summed E-state index contributed by atoms with van der Waals surface area (Å²) in [6, 6.07) is 8.99. The Morgan fingerprint density at radius 3 is 2.79 bits per heavy atom. The molecule has 0 saturated heterocycles. The second-order valence-corrected chi connectivity index (χ2v) is 3.90. The van der Waals surface area contributed by atoms with Crippen LogP contribution in [-0.4, -0.2) is 15.3 Å². The van der Waals surface area contributed by atoms with Gasteiger partial charge >= 0.3 is 0 Å². The molecular formula is C13H12N6. The van der Waals surface area contributed by atoms with Gasteiger partial charge in [0.25, 0.3) is 0 Å².